The van der Waals surface area contributed by atoms with Gasteiger partial charge in [0.1, 0.15) is 6.54 Å². The fourth-order valence-electron chi connectivity index (χ4n) is 2.21. The third kappa shape index (κ3) is 2.25. The molecule has 2 heterocycles. The summed E-state index contributed by atoms with van der Waals surface area (Å²) in [6.45, 7) is -0.0979. The van der Waals surface area contributed by atoms with E-state index in [1.54, 1.807) is 0 Å². The summed E-state index contributed by atoms with van der Waals surface area (Å²) in [6.07, 6.45) is 1.95. The van der Waals surface area contributed by atoms with Gasteiger partial charge in [-0.05, 0) is 24.4 Å². The van der Waals surface area contributed by atoms with Crippen molar-refractivity contribution in [1.29, 1.82) is 0 Å². The first-order valence-corrected chi connectivity index (χ1v) is 6.89. The number of fused-ring (bicyclic) bond motifs is 1. The van der Waals surface area contributed by atoms with Gasteiger partial charge in [-0.2, -0.15) is 4.98 Å². The topological polar surface area (TPSA) is 90.9 Å². The molecule has 0 radical (unpaired) electrons. The number of imidazole rings is 1. The lowest BCUT2D eigenvalue weighted by Crippen LogP contribution is -2.38. The van der Waals surface area contributed by atoms with Gasteiger partial charge in [-0.1, -0.05) is 0 Å². The van der Waals surface area contributed by atoms with Crippen molar-refractivity contribution in [2.24, 2.45) is 14.1 Å². The molecular weight excluding hydrogens is 298 g/mol. The molecule has 1 amide bonds. The van der Waals surface area contributed by atoms with Gasteiger partial charge in [0.15, 0.2) is 11.2 Å². The Bertz CT molecular complexity index is 858. The third-order valence-electron chi connectivity index (χ3n) is 3.55. The van der Waals surface area contributed by atoms with Gasteiger partial charge in [-0.3, -0.25) is 23.3 Å². The molecule has 3 rings (SSSR count). The lowest BCUT2D eigenvalue weighted by molar-refractivity contribution is -0.121. The molecule has 21 heavy (non-hydrogen) atoms. The van der Waals surface area contributed by atoms with E-state index in [2.05, 4.69) is 10.3 Å². The van der Waals surface area contributed by atoms with Crippen LogP contribution in [0.3, 0.4) is 0 Å². The maximum absolute atomic E-state index is 12.2. The second kappa shape index (κ2) is 4.73. The van der Waals surface area contributed by atoms with Crippen LogP contribution in [0.25, 0.3) is 11.2 Å². The van der Waals surface area contributed by atoms with Crippen LogP contribution in [0.2, 0.25) is 5.28 Å². The van der Waals surface area contributed by atoms with Crippen molar-refractivity contribution < 1.29 is 4.79 Å². The molecule has 1 saturated carbocycles. The van der Waals surface area contributed by atoms with E-state index in [-0.39, 0.29) is 34.9 Å². The number of rotatable bonds is 3. The van der Waals surface area contributed by atoms with Gasteiger partial charge in [0.05, 0.1) is 0 Å². The Hall–Kier alpha value is -2.09. The number of aryl methyl sites for hydroxylation is 1. The van der Waals surface area contributed by atoms with Crippen molar-refractivity contribution in [3.8, 4) is 0 Å². The minimum absolute atomic E-state index is 0.00856. The van der Waals surface area contributed by atoms with E-state index >= 15 is 0 Å². The quantitative estimate of drug-likeness (QED) is 0.764. The highest BCUT2D eigenvalue weighted by Gasteiger charge is 2.25. The summed E-state index contributed by atoms with van der Waals surface area (Å²) in [5.41, 5.74) is -0.689. The Labute approximate surface area is 123 Å². The van der Waals surface area contributed by atoms with Gasteiger partial charge >= 0.3 is 5.69 Å². The number of nitrogens with zero attached hydrogens (tertiary/aromatic N) is 4. The Morgan fingerprint density at radius 3 is 2.62 bits per heavy atom. The van der Waals surface area contributed by atoms with E-state index < -0.39 is 11.2 Å². The molecule has 0 bridgehead atoms. The molecule has 1 N–H and O–H groups in total. The summed E-state index contributed by atoms with van der Waals surface area (Å²) >= 11 is 6.02. The van der Waals surface area contributed by atoms with Crippen LogP contribution in [-0.2, 0) is 25.4 Å². The number of aromatic nitrogens is 4. The number of halogens is 1. The van der Waals surface area contributed by atoms with Crippen molar-refractivity contribution in [2.45, 2.75) is 25.4 Å². The average Bonchev–Trinajstić information content (AvgIpc) is 3.18. The third-order valence-corrected chi connectivity index (χ3v) is 3.83. The molecule has 1 aliphatic rings. The van der Waals surface area contributed by atoms with Crippen molar-refractivity contribution >= 4 is 28.7 Å². The number of carbonyl (C=O) groups is 1. The molecule has 9 heteroatoms. The molecule has 1 aliphatic carbocycles. The van der Waals surface area contributed by atoms with E-state index in [1.807, 2.05) is 0 Å². The number of hydrogen-bond acceptors (Lipinski definition) is 4. The van der Waals surface area contributed by atoms with Crippen molar-refractivity contribution in [3.05, 3.63) is 26.1 Å². The molecule has 0 spiro atoms. The van der Waals surface area contributed by atoms with Crippen molar-refractivity contribution in [3.63, 3.8) is 0 Å². The van der Waals surface area contributed by atoms with Crippen LogP contribution in [0.1, 0.15) is 12.8 Å². The molecule has 1 fully saturated rings. The van der Waals surface area contributed by atoms with Gasteiger partial charge in [-0.15, -0.1) is 0 Å². The highest BCUT2D eigenvalue weighted by atomic mass is 35.5. The van der Waals surface area contributed by atoms with Crippen LogP contribution in [0.4, 0.5) is 0 Å². The SMILES string of the molecule is Cn1c(=O)c2c(nc(Cl)n2CC(=O)NC2CC2)n(C)c1=O. The first kappa shape index (κ1) is 13.9. The zero-order valence-electron chi connectivity index (χ0n) is 11.6. The number of amides is 1. The lowest BCUT2D eigenvalue weighted by atomic mass is 10.4. The van der Waals surface area contributed by atoms with Crippen LogP contribution < -0.4 is 16.6 Å². The highest BCUT2D eigenvalue weighted by Crippen LogP contribution is 2.19. The van der Waals surface area contributed by atoms with E-state index in [0.717, 1.165) is 17.4 Å². The number of hydrogen-bond donors (Lipinski definition) is 1. The zero-order valence-corrected chi connectivity index (χ0v) is 12.3. The number of carbonyl (C=O) groups excluding carboxylic acids is 1. The minimum Gasteiger partial charge on any atom is -0.352 e. The Morgan fingerprint density at radius 1 is 1.33 bits per heavy atom. The largest absolute Gasteiger partial charge is 0.352 e. The average molecular weight is 312 g/mol. The predicted molar refractivity (Wildman–Crippen MR) is 76.4 cm³/mol. The molecule has 0 saturated heterocycles. The van der Waals surface area contributed by atoms with E-state index in [0.29, 0.717) is 0 Å². The normalized spacial score (nSPS) is 14.6. The smallest absolute Gasteiger partial charge is 0.332 e. The maximum atomic E-state index is 12.2. The molecule has 0 atom stereocenters. The summed E-state index contributed by atoms with van der Waals surface area (Å²) in [6, 6.07) is 0.221. The summed E-state index contributed by atoms with van der Waals surface area (Å²) in [5.74, 6) is -0.227. The standard InChI is InChI=1S/C12H14ClN5O3/c1-16-9-8(10(20)17(2)12(16)21)18(11(13)15-9)5-7(19)14-6-3-4-6/h6H,3-5H2,1-2H3,(H,14,19). The minimum atomic E-state index is -0.522. The van der Waals surface area contributed by atoms with Gasteiger partial charge < -0.3 is 5.32 Å². The van der Waals surface area contributed by atoms with Gasteiger partial charge in [0.25, 0.3) is 5.56 Å². The van der Waals surface area contributed by atoms with Crippen LogP contribution in [-0.4, -0.2) is 30.6 Å². The Morgan fingerprint density at radius 2 is 2.00 bits per heavy atom. The van der Waals surface area contributed by atoms with Gasteiger partial charge in [0, 0.05) is 20.1 Å². The summed E-state index contributed by atoms with van der Waals surface area (Å²) in [5, 5.41) is 2.83. The van der Waals surface area contributed by atoms with Crippen LogP contribution >= 0.6 is 11.6 Å². The Kier molecular flexibility index (Phi) is 3.12. The molecule has 112 valence electrons. The monoisotopic (exact) mass is 311 g/mol. The summed E-state index contributed by atoms with van der Waals surface area (Å²) in [7, 11) is 2.88. The van der Waals surface area contributed by atoms with E-state index in [4.69, 9.17) is 11.6 Å². The molecule has 2 aromatic rings. The molecule has 8 nitrogen and oxygen atoms in total. The van der Waals surface area contributed by atoms with Crippen LogP contribution in [0, 0.1) is 0 Å². The summed E-state index contributed by atoms with van der Waals surface area (Å²) < 4.78 is 3.53. The molecule has 2 aromatic heterocycles. The molecule has 0 aromatic carbocycles. The molecule has 0 aliphatic heterocycles. The van der Waals surface area contributed by atoms with Crippen molar-refractivity contribution in [1.82, 2.24) is 24.0 Å². The van der Waals surface area contributed by atoms with Crippen molar-refractivity contribution in [2.75, 3.05) is 0 Å². The van der Waals surface area contributed by atoms with E-state index in [1.165, 1.54) is 23.2 Å². The predicted octanol–water partition coefficient (Wildman–Crippen LogP) is -0.634. The second-order valence-electron chi connectivity index (χ2n) is 5.19. The zero-order chi connectivity index (χ0) is 15.3. The molecule has 0 unspecified atom stereocenters. The second-order valence-corrected chi connectivity index (χ2v) is 5.52. The molecular formula is C12H14ClN5O3. The maximum Gasteiger partial charge on any atom is 0.332 e. The van der Waals surface area contributed by atoms with Gasteiger partial charge in [-0.25, -0.2) is 4.79 Å². The lowest BCUT2D eigenvalue weighted by Gasteiger charge is -2.07. The first-order valence-electron chi connectivity index (χ1n) is 6.51. The first-order chi connectivity index (χ1) is 9.90. The fourth-order valence-corrected chi connectivity index (χ4v) is 2.43. The number of nitrogens with one attached hydrogen (secondary N) is 1. The fraction of sp³-hybridized carbons (Fsp3) is 0.500. The highest BCUT2D eigenvalue weighted by molar-refractivity contribution is 6.29. The van der Waals surface area contributed by atoms with E-state index in [9.17, 15) is 14.4 Å². The van der Waals surface area contributed by atoms with Gasteiger partial charge in [0.2, 0.25) is 11.2 Å². The van der Waals surface area contributed by atoms with Crippen LogP contribution in [0.5, 0.6) is 0 Å². The van der Waals surface area contributed by atoms with Crippen LogP contribution in [0.15, 0.2) is 9.59 Å². The summed E-state index contributed by atoms with van der Waals surface area (Å²) in [4.78, 5) is 40.0. The Balaban J connectivity index is 2.14.